The summed E-state index contributed by atoms with van der Waals surface area (Å²) in [7, 11) is 0. The van der Waals surface area contributed by atoms with Crippen LogP contribution in [0, 0.1) is 6.92 Å². The summed E-state index contributed by atoms with van der Waals surface area (Å²) in [5.74, 6) is -0.676. The quantitative estimate of drug-likeness (QED) is 0.679. The van der Waals surface area contributed by atoms with Crippen molar-refractivity contribution in [3.05, 3.63) is 47.8 Å². The Balaban J connectivity index is 2.01. The van der Waals surface area contributed by atoms with Gasteiger partial charge < -0.3 is 10.4 Å². The highest BCUT2D eigenvalue weighted by molar-refractivity contribution is 5.94. The summed E-state index contributed by atoms with van der Waals surface area (Å²) in [5, 5.41) is 20.0. The number of carbonyl (C=O) groups is 1. The van der Waals surface area contributed by atoms with Crippen molar-refractivity contribution in [2.45, 2.75) is 6.92 Å². The van der Waals surface area contributed by atoms with Crippen LogP contribution in [0.1, 0.15) is 16.1 Å². The van der Waals surface area contributed by atoms with E-state index in [1.165, 1.54) is 0 Å². The molecule has 0 aliphatic carbocycles. The molecule has 0 saturated carbocycles. The number of benzene rings is 1. The second-order valence-electron chi connectivity index (χ2n) is 4.45. The molecule has 100 valence electrons. The largest absolute Gasteiger partial charge is 0.478 e. The molecule has 1 aromatic carbocycles. The summed E-state index contributed by atoms with van der Waals surface area (Å²) in [6.45, 7) is 1.82. The first-order valence-electron chi connectivity index (χ1n) is 6.04. The van der Waals surface area contributed by atoms with Crippen molar-refractivity contribution < 1.29 is 9.90 Å². The zero-order chi connectivity index (χ0) is 14.1. The fourth-order valence-corrected chi connectivity index (χ4v) is 1.98. The molecule has 0 amide bonds. The minimum absolute atomic E-state index is 0.142. The number of nitrogens with zero attached hydrogens (tertiary/aromatic N) is 2. The van der Waals surface area contributed by atoms with Gasteiger partial charge in [0.15, 0.2) is 0 Å². The highest BCUT2D eigenvalue weighted by atomic mass is 16.4. The second-order valence-corrected chi connectivity index (χ2v) is 4.45. The Hall–Kier alpha value is -2.89. The smallest absolute Gasteiger partial charge is 0.339 e. The van der Waals surface area contributed by atoms with Gasteiger partial charge in [-0.2, -0.15) is 5.10 Å². The molecule has 0 bridgehead atoms. The van der Waals surface area contributed by atoms with Gasteiger partial charge in [0.2, 0.25) is 0 Å². The molecule has 0 aliphatic rings. The van der Waals surface area contributed by atoms with E-state index in [2.05, 4.69) is 20.5 Å². The Bertz CT molecular complexity index is 795. The van der Waals surface area contributed by atoms with Gasteiger partial charge in [0.25, 0.3) is 0 Å². The third-order valence-corrected chi connectivity index (χ3v) is 2.97. The normalized spacial score (nSPS) is 10.7. The summed E-state index contributed by atoms with van der Waals surface area (Å²) in [4.78, 5) is 15.4. The van der Waals surface area contributed by atoms with Gasteiger partial charge in [0, 0.05) is 16.8 Å². The molecular formula is C14H12N4O2. The van der Waals surface area contributed by atoms with E-state index in [1.807, 2.05) is 25.1 Å². The number of aromatic nitrogens is 3. The van der Waals surface area contributed by atoms with Gasteiger partial charge in [-0.25, -0.2) is 9.78 Å². The molecule has 0 spiro atoms. The molecule has 3 aromatic rings. The molecule has 2 aromatic heterocycles. The number of anilines is 2. The molecule has 3 rings (SSSR count). The first-order valence-corrected chi connectivity index (χ1v) is 6.04. The fraction of sp³-hybridized carbons (Fsp3) is 0.0714. The number of nitrogens with one attached hydrogen (secondary N) is 2. The lowest BCUT2D eigenvalue weighted by atomic mass is 10.2. The molecular weight excluding hydrogens is 256 g/mol. The summed E-state index contributed by atoms with van der Waals surface area (Å²) >= 11 is 0. The summed E-state index contributed by atoms with van der Waals surface area (Å²) in [5.41, 5.74) is 2.58. The molecule has 20 heavy (non-hydrogen) atoms. The van der Waals surface area contributed by atoms with Crippen LogP contribution in [-0.2, 0) is 0 Å². The van der Waals surface area contributed by atoms with E-state index in [0.29, 0.717) is 5.82 Å². The number of fused-ring (bicyclic) bond motifs is 1. The first-order chi connectivity index (χ1) is 9.63. The number of aromatic carboxylic acids is 1. The van der Waals surface area contributed by atoms with Crippen LogP contribution in [-0.4, -0.2) is 26.3 Å². The lowest BCUT2D eigenvalue weighted by Crippen LogP contribution is -2.05. The molecule has 0 saturated heterocycles. The van der Waals surface area contributed by atoms with E-state index in [9.17, 15) is 9.90 Å². The van der Waals surface area contributed by atoms with Crippen molar-refractivity contribution in [2.75, 3.05) is 5.32 Å². The number of hydrogen-bond acceptors (Lipinski definition) is 4. The van der Waals surface area contributed by atoms with Crippen LogP contribution in [0.5, 0.6) is 0 Å². The minimum atomic E-state index is -1.01. The van der Waals surface area contributed by atoms with Gasteiger partial charge in [0.1, 0.15) is 11.4 Å². The van der Waals surface area contributed by atoms with Crippen molar-refractivity contribution in [1.29, 1.82) is 0 Å². The van der Waals surface area contributed by atoms with E-state index in [-0.39, 0.29) is 5.56 Å². The van der Waals surface area contributed by atoms with E-state index >= 15 is 0 Å². The number of H-pyrrole nitrogens is 1. The van der Waals surface area contributed by atoms with Gasteiger partial charge in [-0.3, -0.25) is 5.10 Å². The van der Waals surface area contributed by atoms with Crippen molar-refractivity contribution in [3.8, 4) is 0 Å². The van der Waals surface area contributed by atoms with Gasteiger partial charge in [-0.05, 0) is 37.3 Å². The van der Waals surface area contributed by atoms with Crippen LogP contribution in [0.3, 0.4) is 0 Å². The summed E-state index contributed by atoms with van der Waals surface area (Å²) in [6, 6.07) is 8.82. The maximum Gasteiger partial charge on any atom is 0.339 e. The lowest BCUT2D eigenvalue weighted by Gasteiger charge is -2.09. The van der Waals surface area contributed by atoms with Crippen LogP contribution in [0.2, 0.25) is 0 Å². The van der Waals surface area contributed by atoms with Crippen molar-refractivity contribution in [2.24, 2.45) is 0 Å². The van der Waals surface area contributed by atoms with Gasteiger partial charge in [-0.15, -0.1) is 0 Å². The Morgan fingerprint density at radius 1 is 1.30 bits per heavy atom. The zero-order valence-electron chi connectivity index (χ0n) is 10.7. The fourth-order valence-electron chi connectivity index (χ4n) is 1.98. The highest BCUT2D eigenvalue weighted by Gasteiger charge is 2.12. The monoisotopic (exact) mass is 268 g/mol. The summed E-state index contributed by atoms with van der Waals surface area (Å²) < 4.78 is 0. The number of aryl methyl sites for hydroxylation is 1. The van der Waals surface area contributed by atoms with Crippen molar-refractivity contribution >= 4 is 28.4 Å². The number of rotatable bonds is 3. The molecule has 0 unspecified atom stereocenters. The number of hydrogen-bond donors (Lipinski definition) is 3. The Morgan fingerprint density at radius 2 is 2.15 bits per heavy atom. The maximum absolute atomic E-state index is 11.2. The highest BCUT2D eigenvalue weighted by Crippen LogP contribution is 2.22. The predicted octanol–water partition coefficient (Wildman–Crippen LogP) is 2.71. The van der Waals surface area contributed by atoms with E-state index in [4.69, 9.17) is 0 Å². The number of carboxylic acids is 1. The first kappa shape index (κ1) is 12.2. The zero-order valence-corrected chi connectivity index (χ0v) is 10.7. The molecule has 0 aliphatic heterocycles. The van der Waals surface area contributed by atoms with Crippen LogP contribution in [0.4, 0.5) is 11.5 Å². The van der Waals surface area contributed by atoms with Gasteiger partial charge in [-0.1, -0.05) is 0 Å². The molecule has 0 atom stereocenters. The SMILES string of the molecule is Cc1ccc(C(=O)O)c(Nc2ccc3[nH]ncc3c2)n1. The molecule has 0 fully saturated rings. The molecule has 2 heterocycles. The maximum atomic E-state index is 11.2. The van der Waals surface area contributed by atoms with Gasteiger partial charge in [0.05, 0.1) is 11.7 Å². The van der Waals surface area contributed by atoms with Crippen LogP contribution < -0.4 is 5.32 Å². The summed E-state index contributed by atoms with van der Waals surface area (Å²) in [6.07, 6.45) is 1.71. The van der Waals surface area contributed by atoms with Crippen LogP contribution in [0.25, 0.3) is 10.9 Å². The Labute approximate surface area is 114 Å². The third kappa shape index (κ3) is 2.18. The van der Waals surface area contributed by atoms with Gasteiger partial charge >= 0.3 is 5.97 Å². The average molecular weight is 268 g/mol. The molecule has 3 N–H and O–H groups in total. The molecule has 0 radical (unpaired) electrons. The van der Waals surface area contributed by atoms with E-state index in [0.717, 1.165) is 22.3 Å². The minimum Gasteiger partial charge on any atom is -0.478 e. The third-order valence-electron chi connectivity index (χ3n) is 2.97. The number of aromatic amines is 1. The van der Waals surface area contributed by atoms with Crippen molar-refractivity contribution in [3.63, 3.8) is 0 Å². The van der Waals surface area contributed by atoms with Crippen LogP contribution in [0.15, 0.2) is 36.5 Å². The number of pyridine rings is 1. The lowest BCUT2D eigenvalue weighted by molar-refractivity contribution is 0.0697. The van der Waals surface area contributed by atoms with E-state index < -0.39 is 5.97 Å². The standard InChI is InChI=1S/C14H12N4O2/c1-8-2-4-11(14(19)20)13(16-8)17-10-3-5-12-9(6-10)7-15-18-12/h2-7H,1H3,(H,15,18)(H,16,17)(H,19,20). The van der Waals surface area contributed by atoms with E-state index in [1.54, 1.807) is 18.3 Å². The topological polar surface area (TPSA) is 90.9 Å². The Kier molecular flexibility index (Phi) is 2.83. The average Bonchev–Trinajstić information content (AvgIpc) is 2.85. The number of carboxylic acid groups (broad SMARTS) is 1. The Morgan fingerprint density at radius 3 is 2.95 bits per heavy atom. The second kappa shape index (κ2) is 4.65. The van der Waals surface area contributed by atoms with Crippen LogP contribution >= 0.6 is 0 Å². The molecule has 6 heteroatoms. The molecule has 6 nitrogen and oxygen atoms in total. The van der Waals surface area contributed by atoms with Crippen molar-refractivity contribution in [1.82, 2.24) is 15.2 Å². The predicted molar refractivity (Wildman–Crippen MR) is 75.3 cm³/mol.